The summed E-state index contributed by atoms with van der Waals surface area (Å²) in [5.74, 6) is -1.45. The quantitative estimate of drug-likeness (QED) is 0.411. The van der Waals surface area contributed by atoms with Gasteiger partial charge in [-0.15, -0.1) is 0 Å². The summed E-state index contributed by atoms with van der Waals surface area (Å²) in [6.07, 6.45) is 1.09. The molecule has 0 saturated carbocycles. The Hall–Kier alpha value is -1.20. The van der Waals surface area contributed by atoms with E-state index in [1.165, 1.54) is 0 Å². The van der Waals surface area contributed by atoms with Crippen molar-refractivity contribution in [2.45, 2.75) is 12.8 Å². The molecule has 5 nitrogen and oxygen atoms in total. The first-order chi connectivity index (χ1) is 8.17. The third-order valence-corrected chi connectivity index (χ3v) is 3.36. The summed E-state index contributed by atoms with van der Waals surface area (Å²) in [5.41, 5.74) is 2.12. The molecule has 1 aliphatic carbocycles. The molecular weight excluding hydrogens is 224 g/mol. The van der Waals surface area contributed by atoms with Crippen molar-refractivity contribution in [1.29, 1.82) is 0 Å². The van der Waals surface area contributed by atoms with Crippen LogP contribution in [0.4, 0.5) is 0 Å². The van der Waals surface area contributed by atoms with Crippen molar-refractivity contribution in [1.82, 2.24) is 0 Å². The van der Waals surface area contributed by atoms with Gasteiger partial charge in [0.05, 0.1) is 25.0 Å². The van der Waals surface area contributed by atoms with Gasteiger partial charge < -0.3 is 14.2 Å². The lowest BCUT2D eigenvalue weighted by atomic mass is 9.77. The lowest BCUT2D eigenvalue weighted by Gasteiger charge is -2.25. The van der Waals surface area contributed by atoms with Gasteiger partial charge in [-0.2, -0.15) is 0 Å². The summed E-state index contributed by atoms with van der Waals surface area (Å²) in [5, 5.41) is 0. The molecule has 2 rings (SSSR count). The van der Waals surface area contributed by atoms with Gasteiger partial charge in [0, 0.05) is 14.2 Å². The van der Waals surface area contributed by atoms with Crippen molar-refractivity contribution < 1.29 is 23.8 Å². The molecule has 1 heterocycles. The number of cyclic esters (lactones) is 2. The highest BCUT2D eigenvalue weighted by molar-refractivity contribution is 5.97. The van der Waals surface area contributed by atoms with Crippen LogP contribution in [0.3, 0.4) is 0 Å². The van der Waals surface area contributed by atoms with Gasteiger partial charge in [-0.05, 0) is 24.0 Å². The molecule has 1 fully saturated rings. The summed E-state index contributed by atoms with van der Waals surface area (Å²) in [4.78, 5) is 23.0. The average Bonchev–Trinajstić information content (AvgIpc) is 2.56. The maximum atomic E-state index is 11.5. The number of fused-ring (bicyclic) bond motifs is 1. The van der Waals surface area contributed by atoms with E-state index in [-0.39, 0.29) is 11.8 Å². The van der Waals surface area contributed by atoms with E-state index in [1.54, 1.807) is 14.2 Å². The van der Waals surface area contributed by atoms with Gasteiger partial charge >= 0.3 is 11.9 Å². The molecule has 5 heteroatoms. The van der Waals surface area contributed by atoms with Crippen LogP contribution in [0.1, 0.15) is 12.8 Å². The molecule has 1 aliphatic heterocycles. The van der Waals surface area contributed by atoms with Crippen LogP contribution in [0.2, 0.25) is 0 Å². The molecule has 0 aromatic rings. The zero-order chi connectivity index (χ0) is 12.4. The number of hydrogen-bond acceptors (Lipinski definition) is 5. The molecule has 2 unspecified atom stereocenters. The topological polar surface area (TPSA) is 61.8 Å². The minimum Gasteiger partial charge on any atom is -0.393 e. The fraction of sp³-hybridized carbons (Fsp3) is 0.667. The van der Waals surface area contributed by atoms with Crippen molar-refractivity contribution in [3.8, 4) is 0 Å². The van der Waals surface area contributed by atoms with Crippen LogP contribution in [0.5, 0.6) is 0 Å². The van der Waals surface area contributed by atoms with E-state index in [2.05, 4.69) is 4.74 Å². The fourth-order valence-corrected chi connectivity index (χ4v) is 2.52. The second-order valence-corrected chi connectivity index (χ2v) is 4.43. The average molecular weight is 240 g/mol. The lowest BCUT2D eigenvalue weighted by Crippen LogP contribution is -2.26. The first-order valence-electron chi connectivity index (χ1n) is 5.60. The third-order valence-electron chi connectivity index (χ3n) is 3.36. The maximum Gasteiger partial charge on any atom is 0.317 e. The maximum absolute atomic E-state index is 11.5. The third kappa shape index (κ3) is 2.25. The molecule has 0 N–H and O–H groups in total. The highest BCUT2D eigenvalue weighted by Crippen LogP contribution is 2.39. The number of hydrogen-bond donors (Lipinski definition) is 0. The minimum atomic E-state index is -0.398. The Morgan fingerprint density at radius 1 is 1.00 bits per heavy atom. The lowest BCUT2D eigenvalue weighted by molar-refractivity contribution is -0.153. The zero-order valence-corrected chi connectivity index (χ0v) is 10.0. The number of rotatable bonds is 4. The number of carbonyl (C=O) groups excluding carboxylic acids is 2. The Labute approximate surface area is 99.7 Å². The number of carbonyl (C=O) groups is 2. The van der Waals surface area contributed by atoms with Gasteiger partial charge in [0.2, 0.25) is 0 Å². The molecule has 0 bridgehead atoms. The van der Waals surface area contributed by atoms with Crippen LogP contribution in [-0.2, 0) is 23.8 Å². The standard InChI is InChI=1S/C12H16O5/c1-15-5-7-3-9-10(4-8(7)6-16-2)12(14)17-11(9)13/h9-10H,3-6H2,1-2H3. The van der Waals surface area contributed by atoms with Gasteiger partial charge in [-0.3, -0.25) is 9.59 Å². The van der Waals surface area contributed by atoms with Gasteiger partial charge in [0.15, 0.2) is 0 Å². The monoisotopic (exact) mass is 240 g/mol. The van der Waals surface area contributed by atoms with Crippen LogP contribution < -0.4 is 0 Å². The normalized spacial score (nSPS) is 28.4. The van der Waals surface area contributed by atoms with Crippen LogP contribution in [0, 0.1) is 11.8 Å². The second-order valence-electron chi connectivity index (χ2n) is 4.43. The fourth-order valence-electron chi connectivity index (χ4n) is 2.52. The largest absolute Gasteiger partial charge is 0.393 e. The van der Waals surface area contributed by atoms with Crippen molar-refractivity contribution >= 4 is 11.9 Å². The van der Waals surface area contributed by atoms with Crippen LogP contribution in [0.25, 0.3) is 0 Å². The smallest absolute Gasteiger partial charge is 0.317 e. The highest BCUT2D eigenvalue weighted by atomic mass is 16.6. The number of methoxy groups -OCH3 is 2. The molecule has 0 amide bonds. The van der Waals surface area contributed by atoms with Gasteiger partial charge in [-0.25, -0.2) is 0 Å². The zero-order valence-electron chi connectivity index (χ0n) is 10.0. The van der Waals surface area contributed by atoms with Crippen LogP contribution >= 0.6 is 0 Å². The first-order valence-corrected chi connectivity index (χ1v) is 5.60. The predicted octanol–water partition coefficient (Wildman–Crippen LogP) is 0.685. The van der Waals surface area contributed by atoms with E-state index in [4.69, 9.17) is 9.47 Å². The van der Waals surface area contributed by atoms with E-state index in [0.29, 0.717) is 26.1 Å². The summed E-state index contributed by atoms with van der Waals surface area (Å²) in [7, 11) is 3.23. The molecule has 2 aliphatic rings. The second kappa shape index (κ2) is 4.98. The van der Waals surface area contributed by atoms with E-state index in [9.17, 15) is 9.59 Å². The summed E-state index contributed by atoms with van der Waals surface area (Å²) in [6.45, 7) is 0.951. The molecule has 1 saturated heterocycles. The molecule has 0 spiro atoms. The van der Waals surface area contributed by atoms with Gasteiger partial charge in [-0.1, -0.05) is 0 Å². The van der Waals surface area contributed by atoms with E-state index >= 15 is 0 Å². The first kappa shape index (κ1) is 12.3. The van der Waals surface area contributed by atoms with E-state index in [0.717, 1.165) is 11.1 Å². The SMILES string of the molecule is COCC1=C(COC)CC2C(=O)OC(=O)C2C1. The Balaban J connectivity index is 2.22. The molecule has 0 radical (unpaired) electrons. The summed E-state index contributed by atoms with van der Waals surface area (Å²) < 4.78 is 14.9. The molecule has 0 aromatic carbocycles. The summed E-state index contributed by atoms with van der Waals surface area (Å²) >= 11 is 0. The van der Waals surface area contributed by atoms with Crippen LogP contribution in [0.15, 0.2) is 11.1 Å². The Kier molecular flexibility index (Phi) is 3.59. The van der Waals surface area contributed by atoms with Crippen molar-refractivity contribution in [3.63, 3.8) is 0 Å². The predicted molar refractivity (Wildman–Crippen MR) is 58.1 cm³/mol. The Bertz CT molecular complexity index is 337. The molecular formula is C12H16O5. The van der Waals surface area contributed by atoms with Crippen molar-refractivity contribution in [3.05, 3.63) is 11.1 Å². The van der Waals surface area contributed by atoms with Crippen molar-refractivity contribution in [2.75, 3.05) is 27.4 Å². The Morgan fingerprint density at radius 2 is 1.41 bits per heavy atom. The molecule has 94 valence electrons. The minimum absolute atomic E-state index is 0.326. The number of esters is 2. The Morgan fingerprint density at radius 3 is 1.76 bits per heavy atom. The van der Waals surface area contributed by atoms with E-state index < -0.39 is 11.9 Å². The van der Waals surface area contributed by atoms with Crippen LogP contribution in [-0.4, -0.2) is 39.4 Å². The highest BCUT2D eigenvalue weighted by Gasteiger charge is 2.47. The van der Waals surface area contributed by atoms with Gasteiger partial charge in [0.25, 0.3) is 0 Å². The van der Waals surface area contributed by atoms with Crippen molar-refractivity contribution in [2.24, 2.45) is 11.8 Å². The number of ether oxygens (including phenoxy) is 3. The molecule has 17 heavy (non-hydrogen) atoms. The van der Waals surface area contributed by atoms with Gasteiger partial charge in [0.1, 0.15) is 0 Å². The summed E-state index contributed by atoms with van der Waals surface area (Å²) in [6, 6.07) is 0. The molecule has 2 atom stereocenters. The van der Waals surface area contributed by atoms with E-state index in [1.807, 2.05) is 0 Å². The molecule has 0 aromatic heterocycles.